The van der Waals surface area contributed by atoms with Crippen molar-refractivity contribution >= 4 is 24.0 Å². The normalized spacial score (nSPS) is 24.7. The highest BCUT2D eigenvalue weighted by molar-refractivity contribution is 7.70. The molecule has 7 rings (SSSR count). The Labute approximate surface area is 256 Å². The van der Waals surface area contributed by atoms with E-state index in [9.17, 15) is 9.36 Å². The second-order valence-corrected chi connectivity index (χ2v) is 17.9. The molecule has 2 bridgehead atoms. The Morgan fingerprint density at radius 3 is 2.19 bits per heavy atom. The topological polar surface area (TPSA) is 85.5 Å². The van der Waals surface area contributed by atoms with Gasteiger partial charge >= 0.3 is 0 Å². The summed E-state index contributed by atoms with van der Waals surface area (Å²) in [4.78, 5) is 21.2. The Morgan fingerprint density at radius 2 is 1.60 bits per heavy atom. The van der Waals surface area contributed by atoms with E-state index in [1.165, 1.54) is 0 Å². The number of hydrogen-bond acceptors (Lipinski definition) is 6. The number of carbonyl (C=O) groups excluding carboxylic acids is 1. The number of nitrogens with zero attached hydrogens (tertiary/aromatic N) is 3. The van der Waals surface area contributed by atoms with Crippen LogP contribution in [0, 0.1) is 11.3 Å². The molecule has 8 heteroatoms. The average Bonchev–Trinajstić information content (AvgIpc) is 3.53. The van der Waals surface area contributed by atoms with Gasteiger partial charge in [-0.05, 0) is 93.4 Å². The number of fused-ring (bicyclic) bond motifs is 3. The summed E-state index contributed by atoms with van der Waals surface area (Å²) in [6, 6.07) is 16.4. The van der Waals surface area contributed by atoms with Crippen LogP contribution < -0.4 is 10.2 Å². The van der Waals surface area contributed by atoms with E-state index in [1.54, 1.807) is 13.3 Å². The second kappa shape index (κ2) is 11.3. The predicted molar refractivity (Wildman–Crippen MR) is 172 cm³/mol. The number of hydrogen-bond donors (Lipinski definition) is 0. The van der Waals surface area contributed by atoms with Crippen molar-refractivity contribution in [1.29, 1.82) is 0 Å². The highest BCUT2D eigenvalue weighted by Crippen LogP contribution is 2.58. The first-order valence-electron chi connectivity index (χ1n) is 15.9. The maximum atomic E-state index is 14.2. The number of aromatic nitrogens is 2. The number of amides is 1. The van der Waals surface area contributed by atoms with Crippen LogP contribution in [0.2, 0.25) is 0 Å². The quantitative estimate of drug-likeness (QED) is 0.263. The average molecular weight is 604 g/mol. The molecular formula is C35H46N3O4P. The van der Waals surface area contributed by atoms with E-state index in [1.807, 2.05) is 24.3 Å². The molecular weight excluding hydrogens is 557 g/mol. The van der Waals surface area contributed by atoms with Crippen molar-refractivity contribution < 1.29 is 18.6 Å². The van der Waals surface area contributed by atoms with Crippen molar-refractivity contribution in [2.75, 3.05) is 38.0 Å². The Hall–Kier alpha value is -2.76. The Bertz CT molecular complexity index is 1490. The lowest BCUT2D eigenvalue weighted by molar-refractivity contribution is -0.126. The summed E-state index contributed by atoms with van der Waals surface area (Å²) in [6.45, 7) is 11.9. The predicted octanol–water partition coefficient (Wildman–Crippen LogP) is 7.33. The van der Waals surface area contributed by atoms with Crippen LogP contribution in [0.15, 0.2) is 53.1 Å². The minimum Gasteiger partial charge on any atom is -0.381 e. The fraction of sp³-hybridized carbons (Fsp3) is 0.571. The highest BCUT2D eigenvalue weighted by Gasteiger charge is 2.53. The van der Waals surface area contributed by atoms with Crippen LogP contribution in [0.1, 0.15) is 83.9 Å². The molecule has 4 fully saturated rings. The second-order valence-electron chi connectivity index (χ2n) is 14.7. The van der Waals surface area contributed by atoms with Crippen LogP contribution in [-0.2, 0) is 24.9 Å². The van der Waals surface area contributed by atoms with E-state index in [-0.39, 0.29) is 28.1 Å². The van der Waals surface area contributed by atoms with Gasteiger partial charge in [-0.25, -0.2) is 0 Å². The fourth-order valence-electron chi connectivity index (χ4n) is 7.24. The van der Waals surface area contributed by atoms with E-state index >= 15 is 0 Å². The van der Waals surface area contributed by atoms with Gasteiger partial charge in [0.2, 0.25) is 11.8 Å². The lowest BCUT2D eigenvalue weighted by atomic mass is 9.53. The van der Waals surface area contributed by atoms with Crippen LogP contribution in [-0.4, -0.2) is 49.1 Å². The van der Waals surface area contributed by atoms with Gasteiger partial charge in [0.25, 0.3) is 0 Å². The van der Waals surface area contributed by atoms with Gasteiger partial charge in [-0.15, -0.1) is 0 Å². The molecule has 2 heterocycles. The molecule has 3 saturated carbocycles. The summed E-state index contributed by atoms with van der Waals surface area (Å²) in [6.07, 6.45) is 7.79. The molecule has 4 aliphatic rings. The number of benzene rings is 2. The molecule has 1 amide bonds. The summed E-state index contributed by atoms with van der Waals surface area (Å²) in [7, 11) is -2.32. The maximum absolute atomic E-state index is 14.2. The standard InChI is InChI=1S/C35H46N3O4P/c1-33(2,3)32-36-31(37-42-32)35-18-15-34(16-19-35,17-20-35)24-38(30(39)26-13-21-41-22-14-26)28-8-6-7-27(23-28)25-9-11-29(12-10-25)43(4,5)40/h6-12,23,26H,13-22,24H2,1-5H3. The molecule has 1 aromatic heterocycles. The van der Waals surface area contributed by atoms with Crippen molar-refractivity contribution in [2.24, 2.45) is 11.3 Å². The van der Waals surface area contributed by atoms with Gasteiger partial charge < -0.3 is 18.7 Å². The van der Waals surface area contributed by atoms with E-state index < -0.39 is 7.14 Å². The first-order chi connectivity index (χ1) is 20.4. The zero-order valence-corrected chi connectivity index (χ0v) is 27.3. The largest absolute Gasteiger partial charge is 0.381 e. The number of carbonyl (C=O) groups is 1. The van der Waals surface area contributed by atoms with Crippen molar-refractivity contribution in [1.82, 2.24) is 10.1 Å². The molecule has 1 aliphatic heterocycles. The molecule has 3 aliphatic carbocycles. The van der Waals surface area contributed by atoms with Crippen LogP contribution >= 0.6 is 7.14 Å². The summed E-state index contributed by atoms with van der Waals surface area (Å²) in [5.74, 6) is 1.79. The van der Waals surface area contributed by atoms with E-state index in [4.69, 9.17) is 14.2 Å². The fourth-order valence-corrected chi connectivity index (χ4v) is 8.11. The molecule has 0 spiro atoms. The lowest BCUT2D eigenvalue weighted by Gasteiger charge is -2.53. The van der Waals surface area contributed by atoms with Crippen LogP contribution in [0.4, 0.5) is 5.69 Å². The van der Waals surface area contributed by atoms with Crippen molar-refractivity contribution in [3.05, 3.63) is 60.2 Å². The van der Waals surface area contributed by atoms with Gasteiger partial charge in [-0.1, -0.05) is 62.3 Å². The van der Waals surface area contributed by atoms with Gasteiger partial charge in [-0.3, -0.25) is 4.79 Å². The SMILES string of the molecule is CC(C)(C)c1nc(C23CCC(CN(C(=O)C4CCOCC4)c4cccc(-c5ccc(P(C)(C)=O)cc5)c4)(CC2)CC3)no1. The minimum absolute atomic E-state index is 0.0160. The summed E-state index contributed by atoms with van der Waals surface area (Å²) in [5, 5.41) is 5.35. The van der Waals surface area contributed by atoms with E-state index in [0.29, 0.717) is 19.1 Å². The number of anilines is 1. The minimum atomic E-state index is -2.32. The Morgan fingerprint density at radius 1 is 0.953 bits per heavy atom. The third-order valence-corrected chi connectivity index (χ3v) is 11.8. The monoisotopic (exact) mass is 603 g/mol. The van der Waals surface area contributed by atoms with Gasteiger partial charge in [0.15, 0.2) is 5.82 Å². The first kappa shape index (κ1) is 30.3. The molecule has 1 saturated heterocycles. The number of ether oxygens (including phenoxy) is 1. The molecule has 0 unspecified atom stereocenters. The van der Waals surface area contributed by atoms with Gasteiger partial charge in [0.1, 0.15) is 7.14 Å². The highest BCUT2D eigenvalue weighted by atomic mass is 31.2. The van der Waals surface area contributed by atoms with Gasteiger partial charge in [0.05, 0.1) is 0 Å². The molecule has 230 valence electrons. The smallest absolute Gasteiger partial charge is 0.232 e. The zero-order valence-electron chi connectivity index (χ0n) is 26.4. The van der Waals surface area contributed by atoms with Crippen LogP contribution in [0.5, 0.6) is 0 Å². The molecule has 43 heavy (non-hydrogen) atoms. The molecule has 7 nitrogen and oxygen atoms in total. The van der Waals surface area contributed by atoms with Crippen molar-refractivity contribution in [2.45, 2.75) is 83.0 Å². The lowest BCUT2D eigenvalue weighted by Crippen LogP contribution is -2.52. The van der Waals surface area contributed by atoms with Crippen LogP contribution in [0.25, 0.3) is 11.1 Å². The number of rotatable bonds is 7. The first-order valence-corrected chi connectivity index (χ1v) is 18.5. The third-order valence-electron chi connectivity index (χ3n) is 10.3. The van der Waals surface area contributed by atoms with Crippen LogP contribution in [0.3, 0.4) is 0 Å². The Balaban J connectivity index is 1.26. The molecule has 0 atom stereocenters. The van der Waals surface area contributed by atoms with E-state index in [0.717, 1.165) is 85.9 Å². The maximum Gasteiger partial charge on any atom is 0.232 e. The van der Waals surface area contributed by atoms with E-state index in [2.05, 4.69) is 55.1 Å². The molecule has 0 radical (unpaired) electrons. The summed E-state index contributed by atoms with van der Waals surface area (Å²) in [5.41, 5.74) is 2.98. The Kier molecular flexibility index (Phi) is 7.96. The van der Waals surface area contributed by atoms with Gasteiger partial charge in [-0.2, -0.15) is 4.98 Å². The molecule has 3 aromatic rings. The zero-order chi connectivity index (χ0) is 30.5. The third kappa shape index (κ3) is 6.13. The van der Waals surface area contributed by atoms with Crippen molar-refractivity contribution in [3.63, 3.8) is 0 Å². The molecule has 0 N–H and O–H groups in total. The summed E-state index contributed by atoms with van der Waals surface area (Å²) >= 11 is 0. The molecule has 2 aromatic carbocycles. The van der Waals surface area contributed by atoms with Gasteiger partial charge in [0, 0.05) is 47.5 Å². The van der Waals surface area contributed by atoms with Crippen molar-refractivity contribution in [3.8, 4) is 11.1 Å². The summed E-state index contributed by atoms with van der Waals surface area (Å²) < 4.78 is 23.9.